The summed E-state index contributed by atoms with van der Waals surface area (Å²) in [7, 11) is -1.90. The topological polar surface area (TPSA) is 41.5 Å². The molecule has 2 N–H and O–H groups in total. The van der Waals surface area contributed by atoms with Crippen LogP contribution < -0.4 is 5.32 Å². The number of hydrogen-bond acceptors (Lipinski definition) is 3. The van der Waals surface area contributed by atoms with Crippen molar-refractivity contribution in [2.75, 3.05) is 6.54 Å². The van der Waals surface area contributed by atoms with Crippen LogP contribution >= 0.6 is 0 Å². The molecule has 1 aliphatic rings. The Morgan fingerprint density at radius 1 is 1.17 bits per heavy atom. The maximum atomic E-state index is 9.63. The molecule has 2 atom stereocenters. The number of rotatable bonds is 4. The Balaban J connectivity index is 2.37. The van der Waals surface area contributed by atoms with Crippen LogP contribution in [0.1, 0.15) is 58.6 Å². The summed E-state index contributed by atoms with van der Waals surface area (Å²) in [6.45, 7) is 14.8. The van der Waals surface area contributed by atoms with Crippen molar-refractivity contribution in [3.8, 4) is 5.75 Å². The Kier molecular flexibility index (Phi) is 5.29. The lowest BCUT2D eigenvalue weighted by Gasteiger charge is -2.47. The van der Waals surface area contributed by atoms with Crippen LogP contribution in [-0.4, -0.2) is 25.5 Å². The van der Waals surface area contributed by atoms with Gasteiger partial charge in [0.1, 0.15) is 5.75 Å². The minimum Gasteiger partial charge on any atom is -0.508 e. The molecule has 130 valence electrons. The van der Waals surface area contributed by atoms with Gasteiger partial charge in [-0.05, 0) is 62.1 Å². The van der Waals surface area contributed by atoms with Crippen molar-refractivity contribution in [3.05, 3.63) is 29.8 Å². The minimum absolute atomic E-state index is 0.0179. The largest absolute Gasteiger partial charge is 0.508 e. The zero-order valence-corrected chi connectivity index (χ0v) is 16.6. The van der Waals surface area contributed by atoms with Crippen molar-refractivity contribution in [2.24, 2.45) is 0 Å². The SMILES string of the molecule is CC(C)(C)[Si](C)(C)O[C@@H](c1ccc(O)cc1)[C@]1(C)CCCCN1. The van der Waals surface area contributed by atoms with Crippen molar-refractivity contribution in [3.63, 3.8) is 0 Å². The molecular formula is C19H33NO2Si. The first-order valence-corrected chi connectivity index (χ1v) is 11.7. The third-order valence-corrected chi connectivity index (χ3v) is 10.1. The molecule has 3 nitrogen and oxygen atoms in total. The quantitative estimate of drug-likeness (QED) is 0.762. The van der Waals surface area contributed by atoms with E-state index in [0.717, 1.165) is 18.5 Å². The molecule has 0 amide bonds. The summed E-state index contributed by atoms with van der Waals surface area (Å²) in [6, 6.07) is 7.55. The number of benzene rings is 1. The molecule has 4 heteroatoms. The molecule has 0 bridgehead atoms. The zero-order valence-electron chi connectivity index (χ0n) is 15.6. The van der Waals surface area contributed by atoms with Gasteiger partial charge in [-0.15, -0.1) is 0 Å². The average Bonchev–Trinajstić information content (AvgIpc) is 2.45. The standard InChI is InChI=1S/C19H33NO2Si/c1-18(2,3)23(5,6)22-17(15-9-11-16(21)12-10-15)19(4)13-7-8-14-20-19/h9-12,17,20-21H,7-8,13-14H2,1-6H3/t17-,19-/m0/s1. The number of phenolic OH excluding ortho intramolecular Hbond substituents is 1. The first-order chi connectivity index (χ1) is 10.6. The third kappa shape index (κ3) is 4.17. The van der Waals surface area contributed by atoms with Crippen LogP contribution in [0.4, 0.5) is 0 Å². The highest BCUT2D eigenvalue weighted by atomic mass is 28.4. The number of aromatic hydroxyl groups is 1. The highest BCUT2D eigenvalue weighted by Gasteiger charge is 2.45. The fourth-order valence-electron chi connectivity index (χ4n) is 2.99. The second kappa shape index (κ2) is 6.58. The van der Waals surface area contributed by atoms with Gasteiger partial charge >= 0.3 is 0 Å². The predicted molar refractivity (Wildman–Crippen MR) is 99.4 cm³/mol. The van der Waals surface area contributed by atoms with Crippen LogP contribution in [-0.2, 0) is 4.43 Å². The molecule has 1 aromatic carbocycles. The van der Waals surface area contributed by atoms with Gasteiger partial charge in [0.2, 0.25) is 0 Å². The van der Waals surface area contributed by atoms with E-state index in [-0.39, 0.29) is 16.7 Å². The summed E-state index contributed by atoms with van der Waals surface area (Å²) in [5.41, 5.74) is 1.11. The number of hydrogen-bond donors (Lipinski definition) is 2. The van der Waals surface area contributed by atoms with E-state index in [0.29, 0.717) is 5.75 Å². The molecule has 0 radical (unpaired) electrons. The van der Waals surface area contributed by atoms with E-state index in [4.69, 9.17) is 4.43 Å². The molecule has 23 heavy (non-hydrogen) atoms. The lowest BCUT2D eigenvalue weighted by molar-refractivity contribution is 0.0604. The van der Waals surface area contributed by atoms with Crippen molar-refractivity contribution >= 4 is 8.32 Å². The number of phenols is 1. The van der Waals surface area contributed by atoms with Gasteiger partial charge < -0.3 is 14.8 Å². The molecule has 0 aliphatic carbocycles. The normalized spacial score (nSPS) is 24.4. The van der Waals surface area contributed by atoms with Crippen molar-refractivity contribution < 1.29 is 9.53 Å². The van der Waals surface area contributed by atoms with E-state index in [1.165, 1.54) is 12.8 Å². The third-order valence-electron chi connectivity index (χ3n) is 5.64. The van der Waals surface area contributed by atoms with Crippen molar-refractivity contribution in [1.82, 2.24) is 5.32 Å². The monoisotopic (exact) mass is 335 g/mol. The van der Waals surface area contributed by atoms with Gasteiger partial charge in [-0.3, -0.25) is 0 Å². The summed E-state index contributed by atoms with van der Waals surface area (Å²) < 4.78 is 6.87. The molecule has 0 aromatic heterocycles. The smallest absolute Gasteiger partial charge is 0.193 e. The highest BCUT2D eigenvalue weighted by molar-refractivity contribution is 6.74. The Labute approximate surface area is 142 Å². The van der Waals surface area contributed by atoms with E-state index in [9.17, 15) is 5.11 Å². The fraction of sp³-hybridized carbons (Fsp3) is 0.684. The Morgan fingerprint density at radius 2 is 1.78 bits per heavy atom. The first-order valence-electron chi connectivity index (χ1n) is 8.77. The maximum Gasteiger partial charge on any atom is 0.193 e. The molecule has 1 heterocycles. The summed E-state index contributed by atoms with van der Waals surface area (Å²) in [6.07, 6.45) is 3.61. The lowest BCUT2D eigenvalue weighted by atomic mass is 9.82. The van der Waals surface area contributed by atoms with Gasteiger partial charge in [-0.1, -0.05) is 39.3 Å². The van der Waals surface area contributed by atoms with Gasteiger partial charge in [0.25, 0.3) is 0 Å². The van der Waals surface area contributed by atoms with Crippen LogP contribution in [0.3, 0.4) is 0 Å². The van der Waals surface area contributed by atoms with Crippen LogP contribution in [0.15, 0.2) is 24.3 Å². The molecule has 0 saturated carbocycles. The van der Waals surface area contributed by atoms with E-state index >= 15 is 0 Å². The number of piperidine rings is 1. The van der Waals surface area contributed by atoms with Crippen molar-refractivity contribution in [1.29, 1.82) is 0 Å². The van der Waals surface area contributed by atoms with E-state index in [1.807, 2.05) is 12.1 Å². The summed E-state index contributed by atoms with van der Waals surface area (Å²) in [5, 5.41) is 13.5. The minimum atomic E-state index is -1.90. The highest BCUT2D eigenvalue weighted by Crippen LogP contribution is 2.44. The Morgan fingerprint density at radius 3 is 2.26 bits per heavy atom. The molecule has 2 rings (SSSR count). The predicted octanol–water partition coefficient (Wildman–Crippen LogP) is 4.99. The van der Waals surface area contributed by atoms with Gasteiger partial charge in [0.05, 0.1) is 6.10 Å². The van der Waals surface area contributed by atoms with E-state index in [2.05, 4.69) is 46.1 Å². The zero-order chi connectivity index (χ0) is 17.3. The second-order valence-corrected chi connectivity index (χ2v) is 13.4. The molecule has 1 saturated heterocycles. The van der Waals surface area contributed by atoms with Gasteiger partial charge in [-0.25, -0.2) is 0 Å². The van der Waals surface area contributed by atoms with Crippen LogP contribution in [0.2, 0.25) is 18.1 Å². The molecule has 1 fully saturated rings. The Hall–Kier alpha value is -0.843. The summed E-state index contributed by atoms with van der Waals surface area (Å²) in [5.74, 6) is 0.307. The van der Waals surface area contributed by atoms with Crippen LogP contribution in [0.5, 0.6) is 5.75 Å². The molecule has 1 aliphatic heterocycles. The maximum absolute atomic E-state index is 9.63. The molecule has 0 spiro atoms. The van der Waals surface area contributed by atoms with E-state index < -0.39 is 8.32 Å². The second-order valence-electron chi connectivity index (χ2n) is 8.65. The molecular weight excluding hydrogens is 302 g/mol. The van der Waals surface area contributed by atoms with Crippen LogP contribution in [0, 0.1) is 0 Å². The first kappa shape index (κ1) is 18.5. The van der Waals surface area contributed by atoms with Gasteiger partial charge in [0.15, 0.2) is 8.32 Å². The summed E-state index contributed by atoms with van der Waals surface area (Å²) in [4.78, 5) is 0. The lowest BCUT2D eigenvalue weighted by Crippen LogP contribution is -2.55. The van der Waals surface area contributed by atoms with Gasteiger partial charge in [0, 0.05) is 5.54 Å². The average molecular weight is 336 g/mol. The van der Waals surface area contributed by atoms with Crippen molar-refractivity contribution in [2.45, 2.75) is 76.7 Å². The van der Waals surface area contributed by atoms with Gasteiger partial charge in [-0.2, -0.15) is 0 Å². The fourth-order valence-corrected chi connectivity index (χ4v) is 4.33. The summed E-state index contributed by atoms with van der Waals surface area (Å²) >= 11 is 0. The van der Waals surface area contributed by atoms with Crippen LogP contribution in [0.25, 0.3) is 0 Å². The number of nitrogens with one attached hydrogen (secondary N) is 1. The Bertz CT molecular complexity index is 513. The van der Waals surface area contributed by atoms with E-state index in [1.54, 1.807) is 12.1 Å². The molecule has 1 aromatic rings. The molecule has 0 unspecified atom stereocenters.